The Labute approximate surface area is 88.1 Å². The van der Waals surface area contributed by atoms with E-state index in [9.17, 15) is 0 Å². The lowest BCUT2D eigenvalue weighted by Crippen LogP contribution is -2.33. The largest absolute Gasteiger partial charge is 0.343 e. The van der Waals surface area contributed by atoms with Gasteiger partial charge in [0.2, 0.25) is 0 Å². The first-order valence-electron chi connectivity index (χ1n) is 5.24. The fourth-order valence-corrected chi connectivity index (χ4v) is 3.45. The molecule has 2 aliphatic heterocycles. The average Bonchev–Trinajstić information content (AvgIpc) is 2.77. The second-order valence-corrected chi connectivity index (χ2v) is 5.08. The van der Waals surface area contributed by atoms with Crippen LogP contribution >= 0.6 is 11.3 Å². The summed E-state index contributed by atoms with van der Waals surface area (Å²) in [5, 5.41) is 6.83. The maximum atomic E-state index is 4.57. The van der Waals surface area contributed by atoms with Crippen LogP contribution in [-0.4, -0.2) is 30.7 Å². The maximum absolute atomic E-state index is 4.57. The summed E-state index contributed by atoms with van der Waals surface area (Å²) in [7, 11) is 0. The van der Waals surface area contributed by atoms with Crippen LogP contribution in [0.25, 0.3) is 0 Å². The van der Waals surface area contributed by atoms with Gasteiger partial charge in [0.25, 0.3) is 0 Å². The van der Waals surface area contributed by atoms with E-state index in [1.807, 2.05) is 0 Å². The Bertz CT molecular complexity index is 336. The van der Waals surface area contributed by atoms with E-state index in [0.29, 0.717) is 6.04 Å². The zero-order chi connectivity index (χ0) is 9.54. The monoisotopic (exact) mass is 209 g/mol. The van der Waals surface area contributed by atoms with Crippen molar-refractivity contribution in [2.75, 3.05) is 24.5 Å². The van der Waals surface area contributed by atoms with Gasteiger partial charge in [0, 0.05) is 31.1 Å². The van der Waals surface area contributed by atoms with Crippen molar-refractivity contribution in [2.24, 2.45) is 5.92 Å². The molecule has 0 aliphatic carbocycles. The van der Waals surface area contributed by atoms with E-state index in [1.165, 1.54) is 24.6 Å². The lowest BCUT2D eigenvalue weighted by molar-refractivity contribution is 0.578. The Morgan fingerprint density at radius 2 is 2.50 bits per heavy atom. The normalized spacial score (nSPS) is 31.1. The number of anilines is 1. The number of fused-ring (bicyclic) bond motifs is 1. The SMILES string of the molecule is Cc1csc(N2CC[C@H]3CNC[C@H]32)n1. The van der Waals surface area contributed by atoms with Crippen LogP contribution in [-0.2, 0) is 0 Å². The highest BCUT2D eigenvalue weighted by Gasteiger charge is 2.38. The van der Waals surface area contributed by atoms with Crippen LogP contribution in [0.1, 0.15) is 12.1 Å². The highest BCUT2D eigenvalue weighted by Crippen LogP contribution is 2.33. The van der Waals surface area contributed by atoms with Crippen molar-refractivity contribution in [3.8, 4) is 0 Å². The van der Waals surface area contributed by atoms with Crippen molar-refractivity contribution in [3.05, 3.63) is 11.1 Å². The first-order chi connectivity index (χ1) is 6.84. The number of rotatable bonds is 1. The number of thiazole rings is 1. The molecule has 0 saturated carbocycles. The third-order valence-electron chi connectivity index (χ3n) is 3.30. The van der Waals surface area contributed by atoms with Crippen molar-refractivity contribution < 1.29 is 0 Å². The molecule has 0 spiro atoms. The highest BCUT2D eigenvalue weighted by atomic mass is 32.1. The Morgan fingerprint density at radius 3 is 3.29 bits per heavy atom. The van der Waals surface area contributed by atoms with E-state index in [1.54, 1.807) is 11.3 Å². The molecule has 2 atom stereocenters. The molecule has 3 nitrogen and oxygen atoms in total. The van der Waals surface area contributed by atoms with Gasteiger partial charge in [0.05, 0.1) is 5.69 Å². The smallest absolute Gasteiger partial charge is 0.185 e. The van der Waals surface area contributed by atoms with Crippen LogP contribution in [0, 0.1) is 12.8 Å². The van der Waals surface area contributed by atoms with E-state index >= 15 is 0 Å². The summed E-state index contributed by atoms with van der Waals surface area (Å²) in [6.07, 6.45) is 1.33. The van der Waals surface area contributed by atoms with Gasteiger partial charge < -0.3 is 10.2 Å². The van der Waals surface area contributed by atoms with Crippen molar-refractivity contribution in [1.29, 1.82) is 0 Å². The molecule has 1 N–H and O–H groups in total. The number of nitrogens with zero attached hydrogens (tertiary/aromatic N) is 2. The zero-order valence-electron chi connectivity index (χ0n) is 8.36. The molecule has 3 rings (SSSR count). The lowest BCUT2D eigenvalue weighted by atomic mass is 10.1. The molecule has 2 aliphatic rings. The van der Waals surface area contributed by atoms with Crippen LogP contribution in [0.4, 0.5) is 5.13 Å². The van der Waals surface area contributed by atoms with Gasteiger partial charge in [-0.25, -0.2) is 4.98 Å². The van der Waals surface area contributed by atoms with Crippen molar-refractivity contribution in [1.82, 2.24) is 10.3 Å². The fraction of sp³-hybridized carbons (Fsp3) is 0.700. The summed E-state index contributed by atoms with van der Waals surface area (Å²) in [6, 6.07) is 0.709. The minimum Gasteiger partial charge on any atom is -0.343 e. The number of nitrogens with one attached hydrogen (secondary N) is 1. The van der Waals surface area contributed by atoms with Gasteiger partial charge in [0.1, 0.15) is 0 Å². The van der Waals surface area contributed by atoms with Gasteiger partial charge in [0.15, 0.2) is 5.13 Å². The molecule has 0 bridgehead atoms. The van der Waals surface area contributed by atoms with Gasteiger partial charge in [-0.05, 0) is 19.3 Å². The molecule has 0 unspecified atom stereocenters. The van der Waals surface area contributed by atoms with Crippen LogP contribution in [0.3, 0.4) is 0 Å². The molecule has 76 valence electrons. The van der Waals surface area contributed by atoms with Crippen molar-refractivity contribution in [3.63, 3.8) is 0 Å². The molecule has 1 aromatic rings. The summed E-state index contributed by atoms with van der Waals surface area (Å²) in [4.78, 5) is 7.06. The average molecular weight is 209 g/mol. The molecule has 0 radical (unpaired) electrons. The molecule has 1 aromatic heterocycles. The summed E-state index contributed by atoms with van der Waals surface area (Å²) >= 11 is 1.78. The minimum absolute atomic E-state index is 0.709. The van der Waals surface area contributed by atoms with Gasteiger partial charge in [-0.2, -0.15) is 0 Å². The molecule has 14 heavy (non-hydrogen) atoms. The molecule has 0 aromatic carbocycles. The summed E-state index contributed by atoms with van der Waals surface area (Å²) in [5.74, 6) is 0.860. The van der Waals surface area contributed by atoms with Crippen LogP contribution in [0.2, 0.25) is 0 Å². The molecule has 0 amide bonds. The Balaban J connectivity index is 1.85. The van der Waals surface area contributed by atoms with E-state index in [2.05, 4.69) is 27.5 Å². The van der Waals surface area contributed by atoms with Crippen LogP contribution < -0.4 is 10.2 Å². The van der Waals surface area contributed by atoms with Gasteiger partial charge in [-0.1, -0.05) is 0 Å². The molecule has 2 saturated heterocycles. The topological polar surface area (TPSA) is 28.2 Å². The lowest BCUT2D eigenvalue weighted by Gasteiger charge is -2.22. The third kappa shape index (κ3) is 1.25. The number of hydrogen-bond acceptors (Lipinski definition) is 4. The van der Waals surface area contributed by atoms with E-state index in [0.717, 1.165) is 18.2 Å². The number of hydrogen-bond donors (Lipinski definition) is 1. The molecule has 2 fully saturated rings. The summed E-state index contributed by atoms with van der Waals surface area (Å²) in [5.41, 5.74) is 1.15. The quantitative estimate of drug-likeness (QED) is 0.754. The van der Waals surface area contributed by atoms with E-state index < -0.39 is 0 Å². The number of aryl methyl sites for hydroxylation is 1. The van der Waals surface area contributed by atoms with E-state index in [4.69, 9.17) is 0 Å². The third-order valence-corrected chi connectivity index (χ3v) is 4.29. The van der Waals surface area contributed by atoms with Crippen molar-refractivity contribution in [2.45, 2.75) is 19.4 Å². The Kier molecular flexibility index (Phi) is 1.99. The van der Waals surface area contributed by atoms with Crippen LogP contribution in [0.5, 0.6) is 0 Å². The highest BCUT2D eigenvalue weighted by molar-refractivity contribution is 7.13. The second kappa shape index (κ2) is 3.21. The Hall–Kier alpha value is -0.610. The maximum Gasteiger partial charge on any atom is 0.185 e. The number of aromatic nitrogens is 1. The standard InChI is InChI=1S/C10H15N3S/c1-7-6-14-10(12-7)13-3-2-8-4-11-5-9(8)13/h6,8-9,11H,2-5H2,1H3/t8-,9+/m0/s1. The first kappa shape index (κ1) is 8.68. The van der Waals surface area contributed by atoms with Gasteiger partial charge in [-0.15, -0.1) is 11.3 Å². The van der Waals surface area contributed by atoms with Crippen LogP contribution in [0.15, 0.2) is 5.38 Å². The summed E-state index contributed by atoms with van der Waals surface area (Å²) < 4.78 is 0. The first-order valence-corrected chi connectivity index (χ1v) is 6.12. The summed E-state index contributed by atoms with van der Waals surface area (Å²) in [6.45, 7) is 5.61. The predicted molar refractivity (Wildman–Crippen MR) is 59.0 cm³/mol. The second-order valence-electron chi connectivity index (χ2n) is 4.24. The predicted octanol–water partition coefficient (Wildman–Crippen LogP) is 1.25. The molecule has 4 heteroatoms. The molecular weight excluding hydrogens is 194 g/mol. The fourth-order valence-electron chi connectivity index (χ4n) is 2.56. The van der Waals surface area contributed by atoms with Crippen molar-refractivity contribution >= 4 is 16.5 Å². The van der Waals surface area contributed by atoms with E-state index in [-0.39, 0.29) is 0 Å². The Morgan fingerprint density at radius 1 is 1.57 bits per heavy atom. The van der Waals surface area contributed by atoms with Gasteiger partial charge >= 0.3 is 0 Å². The van der Waals surface area contributed by atoms with Gasteiger partial charge in [-0.3, -0.25) is 0 Å². The zero-order valence-corrected chi connectivity index (χ0v) is 9.18. The minimum atomic E-state index is 0.709. The molecule has 3 heterocycles. The molecular formula is C10H15N3S.